The number of piperidine rings is 1. The quantitative estimate of drug-likeness (QED) is 0.335. The number of ether oxygens (including phenoxy) is 2. The van der Waals surface area contributed by atoms with Crippen LogP contribution >= 0.6 is 11.3 Å². The van der Waals surface area contributed by atoms with Crippen LogP contribution in [0.2, 0.25) is 0 Å². The number of phenols is 1. The zero-order chi connectivity index (χ0) is 21.8. The Hall–Kier alpha value is -3.02. The van der Waals surface area contributed by atoms with Crippen molar-refractivity contribution in [3.63, 3.8) is 0 Å². The maximum absolute atomic E-state index is 9.68. The number of hydrogen-bond donors (Lipinski definition) is 1. The average Bonchev–Trinajstić information content (AvgIpc) is 3.24. The fourth-order valence-corrected chi connectivity index (χ4v) is 5.16. The molecule has 164 valence electrons. The van der Waals surface area contributed by atoms with Crippen molar-refractivity contribution < 1.29 is 14.6 Å². The number of hydrogen-bond acceptors (Lipinski definition) is 5. The van der Waals surface area contributed by atoms with E-state index in [0.29, 0.717) is 5.75 Å². The number of benzene rings is 3. The first kappa shape index (κ1) is 20.9. The predicted molar refractivity (Wildman–Crippen MR) is 131 cm³/mol. The number of nitrogens with zero attached hydrogens (tertiary/aromatic N) is 1. The van der Waals surface area contributed by atoms with Gasteiger partial charge in [0.2, 0.25) is 0 Å². The lowest BCUT2D eigenvalue weighted by Crippen LogP contribution is -2.33. The fourth-order valence-electron chi connectivity index (χ4n) is 4.16. The summed E-state index contributed by atoms with van der Waals surface area (Å²) in [6.45, 7) is 4.10. The Morgan fingerprint density at radius 1 is 0.812 bits per heavy atom. The Morgan fingerprint density at radius 2 is 1.50 bits per heavy atom. The van der Waals surface area contributed by atoms with E-state index in [9.17, 15) is 5.11 Å². The molecule has 4 aromatic rings. The Labute approximate surface area is 192 Å². The predicted octanol–water partition coefficient (Wildman–Crippen LogP) is 6.93. The van der Waals surface area contributed by atoms with Gasteiger partial charge in [0.15, 0.2) is 0 Å². The van der Waals surface area contributed by atoms with Gasteiger partial charge in [0.1, 0.15) is 29.6 Å². The Morgan fingerprint density at radius 3 is 2.25 bits per heavy atom. The minimum atomic E-state index is 0.299. The van der Waals surface area contributed by atoms with E-state index in [1.807, 2.05) is 48.5 Å². The Kier molecular flexibility index (Phi) is 6.28. The molecule has 1 aliphatic heterocycles. The number of likely N-dealkylation sites (tertiary alicyclic amines) is 1. The zero-order valence-electron chi connectivity index (χ0n) is 18.0. The second-order valence-corrected chi connectivity index (χ2v) is 9.09. The molecule has 0 bridgehead atoms. The lowest BCUT2D eigenvalue weighted by Gasteiger charge is -2.26. The third-order valence-electron chi connectivity index (χ3n) is 5.91. The minimum Gasteiger partial charge on any atom is -0.508 e. The van der Waals surface area contributed by atoms with Gasteiger partial charge in [0.05, 0.1) is 0 Å². The number of aromatic hydroxyl groups is 1. The van der Waals surface area contributed by atoms with Crippen molar-refractivity contribution in [2.75, 3.05) is 26.2 Å². The monoisotopic (exact) mass is 445 g/mol. The summed E-state index contributed by atoms with van der Waals surface area (Å²) in [6, 6.07) is 21.5. The molecule has 2 heterocycles. The molecule has 1 aliphatic rings. The van der Waals surface area contributed by atoms with Crippen LogP contribution < -0.4 is 9.47 Å². The molecule has 5 rings (SSSR count). The first-order valence-electron chi connectivity index (χ1n) is 11.2. The maximum Gasteiger partial charge on any atom is 0.127 e. The normalized spacial score (nSPS) is 14.5. The van der Waals surface area contributed by atoms with Crippen molar-refractivity contribution in [1.29, 1.82) is 0 Å². The Balaban J connectivity index is 1.18. The molecule has 32 heavy (non-hydrogen) atoms. The van der Waals surface area contributed by atoms with E-state index in [4.69, 9.17) is 9.47 Å². The number of phenolic OH excluding ortho intramolecular Hbond substituents is 1. The topological polar surface area (TPSA) is 41.9 Å². The fraction of sp³-hybridized carbons (Fsp3) is 0.259. The lowest BCUT2D eigenvalue weighted by molar-refractivity contribution is 0.183. The molecule has 1 fully saturated rings. The summed E-state index contributed by atoms with van der Waals surface area (Å²) >= 11 is 1.64. The molecule has 1 aromatic heterocycles. The third kappa shape index (κ3) is 4.90. The first-order chi connectivity index (χ1) is 15.7. The van der Waals surface area contributed by atoms with Gasteiger partial charge < -0.3 is 14.6 Å². The number of thiophene rings is 1. The molecule has 0 atom stereocenters. The van der Waals surface area contributed by atoms with Gasteiger partial charge in [0, 0.05) is 22.2 Å². The average molecular weight is 446 g/mol. The highest BCUT2D eigenvalue weighted by Gasteiger charge is 2.10. The Bertz CT molecular complexity index is 1160. The van der Waals surface area contributed by atoms with Crippen LogP contribution in [-0.4, -0.2) is 36.2 Å². The summed E-state index contributed by atoms with van der Waals surface area (Å²) in [5, 5.41) is 13.0. The van der Waals surface area contributed by atoms with Gasteiger partial charge in [-0.25, -0.2) is 0 Å². The summed E-state index contributed by atoms with van der Waals surface area (Å²) in [5.74, 6) is 2.76. The zero-order valence-corrected chi connectivity index (χ0v) is 18.8. The summed E-state index contributed by atoms with van der Waals surface area (Å²) in [7, 11) is 0. The maximum atomic E-state index is 9.68. The first-order valence-corrected chi connectivity index (χ1v) is 12.1. The highest BCUT2D eigenvalue weighted by atomic mass is 32.1. The molecule has 0 spiro atoms. The molecule has 3 aromatic carbocycles. The van der Waals surface area contributed by atoms with E-state index in [-0.39, 0.29) is 0 Å². The van der Waals surface area contributed by atoms with E-state index in [1.54, 1.807) is 17.4 Å². The van der Waals surface area contributed by atoms with Gasteiger partial charge in [-0.15, -0.1) is 11.3 Å². The van der Waals surface area contributed by atoms with Crippen LogP contribution in [0.4, 0.5) is 0 Å². The van der Waals surface area contributed by atoms with E-state index in [2.05, 4.69) is 22.4 Å². The third-order valence-corrected chi connectivity index (χ3v) is 6.85. The minimum absolute atomic E-state index is 0.299. The standard InChI is InChI=1S/C27H27NO3S/c29-21-6-13-25-26(19-32-27(25)18-21)20-4-7-23(8-5-20)31-24-11-9-22(10-12-24)30-17-16-28-14-2-1-3-15-28/h4-13,18-19,29H,1-3,14-17H2. The summed E-state index contributed by atoms with van der Waals surface area (Å²) < 4.78 is 13.0. The molecule has 0 amide bonds. The lowest BCUT2D eigenvalue weighted by atomic mass is 10.0. The van der Waals surface area contributed by atoms with Crippen molar-refractivity contribution in [2.45, 2.75) is 19.3 Å². The molecule has 0 radical (unpaired) electrons. The number of fused-ring (bicyclic) bond motifs is 1. The SMILES string of the molecule is Oc1ccc2c(-c3ccc(Oc4ccc(OCCN5CCCCC5)cc4)cc3)csc2c1. The number of rotatable bonds is 7. The van der Waals surface area contributed by atoms with Crippen molar-refractivity contribution >= 4 is 21.4 Å². The van der Waals surface area contributed by atoms with E-state index in [0.717, 1.165) is 46.0 Å². The summed E-state index contributed by atoms with van der Waals surface area (Å²) in [4.78, 5) is 2.48. The second kappa shape index (κ2) is 9.63. The van der Waals surface area contributed by atoms with E-state index < -0.39 is 0 Å². The highest BCUT2D eigenvalue weighted by molar-refractivity contribution is 7.17. The molecule has 5 heteroatoms. The second-order valence-electron chi connectivity index (χ2n) is 8.18. The molecule has 4 nitrogen and oxygen atoms in total. The summed E-state index contributed by atoms with van der Waals surface area (Å²) in [5.41, 5.74) is 2.30. The van der Waals surface area contributed by atoms with Crippen LogP contribution in [0, 0.1) is 0 Å². The van der Waals surface area contributed by atoms with E-state index >= 15 is 0 Å². The van der Waals surface area contributed by atoms with Crippen molar-refractivity contribution in [1.82, 2.24) is 4.90 Å². The van der Waals surface area contributed by atoms with Crippen LogP contribution in [0.1, 0.15) is 19.3 Å². The van der Waals surface area contributed by atoms with Crippen molar-refractivity contribution in [2.24, 2.45) is 0 Å². The molecular weight excluding hydrogens is 418 g/mol. The summed E-state index contributed by atoms with van der Waals surface area (Å²) in [6.07, 6.45) is 3.97. The van der Waals surface area contributed by atoms with Gasteiger partial charge in [0.25, 0.3) is 0 Å². The van der Waals surface area contributed by atoms with Gasteiger partial charge >= 0.3 is 0 Å². The molecular formula is C27H27NO3S. The molecule has 1 saturated heterocycles. The van der Waals surface area contributed by atoms with Gasteiger partial charge in [-0.1, -0.05) is 18.6 Å². The van der Waals surface area contributed by atoms with E-state index in [1.165, 1.54) is 37.9 Å². The van der Waals surface area contributed by atoms with Gasteiger partial charge in [-0.3, -0.25) is 4.90 Å². The van der Waals surface area contributed by atoms with Crippen molar-refractivity contribution in [3.8, 4) is 34.1 Å². The molecule has 0 aliphatic carbocycles. The van der Waals surface area contributed by atoms with Crippen molar-refractivity contribution in [3.05, 3.63) is 72.1 Å². The van der Waals surface area contributed by atoms with Crippen LogP contribution in [0.25, 0.3) is 21.2 Å². The largest absolute Gasteiger partial charge is 0.508 e. The van der Waals surface area contributed by atoms with Crippen LogP contribution in [0.5, 0.6) is 23.0 Å². The highest BCUT2D eigenvalue weighted by Crippen LogP contribution is 2.36. The van der Waals surface area contributed by atoms with Crippen LogP contribution in [0.3, 0.4) is 0 Å². The van der Waals surface area contributed by atoms with Gasteiger partial charge in [-0.2, -0.15) is 0 Å². The molecule has 1 N–H and O–H groups in total. The molecule has 0 unspecified atom stereocenters. The molecule has 0 saturated carbocycles. The van der Waals surface area contributed by atoms with Crippen LogP contribution in [0.15, 0.2) is 72.1 Å². The van der Waals surface area contributed by atoms with Crippen LogP contribution in [-0.2, 0) is 0 Å². The smallest absolute Gasteiger partial charge is 0.127 e. The van der Waals surface area contributed by atoms with Gasteiger partial charge in [-0.05, 0) is 91.5 Å².